The van der Waals surface area contributed by atoms with Gasteiger partial charge in [-0.25, -0.2) is 9.18 Å². The van der Waals surface area contributed by atoms with Crippen LogP contribution in [0.15, 0.2) is 36.5 Å². The molecule has 6 nitrogen and oxygen atoms in total. The minimum Gasteiger partial charge on any atom is -0.463 e. The largest absolute Gasteiger partial charge is 0.463 e. The van der Waals surface area contributed by atoms with Crippen LogP contribution >= 0.6 is 0 Å². The molecule has 1 heterocycles. The van der Waals surface area contributed by atoms with E-state index in [1.165, 1.54) is 18.2 Å². The Morgan fingerprint density at radius 3 is 2.71 bits per heavy atom. The summed E-state index contributed by atoms with van der Waals surface area (Å²) in [5, 5.41) is 5.00. The lowest BCUT2D eigenvalue weighted by molar-refractivity contribution is -0.150. The molecule has 2 atom stereocenters. The molecule has 1 aliphatic heterocycles. The minimum atomic E-state index is -0.932. The second-order valence-electron chi connectivity index (χ2n) is 5.69. The summed E-state index contributed by atoms with van der Waals surface area (Å²) in [7, 11) is 0. The molecular weight excluding hydrogens is 315 g/mol. The Morgan fingerprint density at radius 2 is 2.04 bits per heavy atom. The number of halogens is 1. The number of hydrogen-bond acceptors (Lipinski definition) is 4. The van der Waals surface area contributed by atoms with Gasteiger partial charge in [-0.1, -0.05) is 24.8 Å². The Balaban J connectivity index is 2.14. The molecule has 2 amide bonds. The van der Waals surface area contributed by atoms with Gasteiger partial charge in [0, 0.05) is 11.3 Å². The van der Waals surface area contributed by atoms with E-state index in [0.717, 1.165) is 0 Å². The smallest absolute Gasteiger partial charge is 0.319 e. The van der Waals surface area contributed by atoms with Crippen molar-refractivity contribution in [3.63, 3.8) is 0 Å². The second-order valence-corrected chi connectivity index (χ2v) is 5.69. The minimum absolute atomic E-state index is 0.0282. The molecule has 1 aromatic carbocycles. The van der Waals surface area contributed by atoms with Crippen LogP contribution in [-0.2, 0) is 14.3 Å². The molecule has 0 aliphatic carbocycles. The summed E-state index contributed by atoms with van der Waals surface area (Å²) >= 11 is 0. The third-order valence-corrected chi connectivity index (χ3v) is 3.54. The fourth-order valence-corrected chi connectivity index (χ4v) is 2.46. The van der Waals surface area contributed by atoms with E-state index in [0.29, 0.717) is 0 Å². The van der Waals surface area contributed by atoms with Crippen LogP contribution in [0.5, 0.6) is 0 Å². The van der Waals surface area contributed by atoms with E-state index in [4.69, 9.17) is 9.47 Å². The number of esters is 1. The maximum Gasteiger partial charge on any atom is 0.319 e. The van der Waals surface area contributed by atoms with Crippen molar-refractivity contribution in [2.75, 3.05) is 13.2 Å². The van der Waals surface area contributed by atoms with E-state index < -0.39 is 29.8 Å². The maximum atomic E-state index is 14.1. The summed E-state index contributed by atoms with van der Waals surface area (Å²) in [6.07, 6.45) is 0.0282. The van der Waals surface area contributed by atoms with Crippen LogP contribution in [0, 0.1) is 11.7 Å². The number of rotatable bonds is 6. The lowest BCUT2D eigenvalue weighted by Gasteiger charge is -2.33. The lowest BCUT2D eigenvalue weighted by atomic mass is 9.89. The van der Waals surface area contributed by atoms with Crippen molar-refractivity contribution < 1.29 is 23.5 Å². The maximum absolute atomic E-state index is 14.1. The van der Waals surface area contributed by atoms with Crippen molar-refractivity contribution in [3.8, 4) is 0 Å². The fourth-order valence-electron chi connectivity index (χ4n) is 2.46. The van der Waals surface area contributed by atoms with E-state index in [1.54, 1.807) is 6.07 Å². The van der Waals surface area contributed by atoms with Crippen LogP contribution in [0.4, 0.5) is 9.18 Å². The molecule has 1 saturated heterocycles. The quantitative estimate of drug-likeness (QED) is 0.617. The highest BCUT2D eigenvalue weighted by molar-refractivity contribution is 5.85. The highest BCUT2D eigenvalue weighted by Gasteiger charge is 2.39. The van der Waals surface area contributed by atoms with E-state index in [2.05, 4.69) is 17.2 Å². The summed E-state index contributed by atoms with van der Waals surface area (Å²) in [5.41, 5.74) is 0.371. The SMILES string of the molecule is C=C1NC(=O)N[C@H](c2ccccc2F)[C@H]1C(=O)OCCOC(C)C. The first kappa shape index (κ1) is 17.9. The first-order valence-electron chi connectivity index (χ1n) is 7.69. The molecule has 1 aliphatic rings. The van der Waals surface area contributed by atoms with E-state index in [9.17, 15) is 14.0 Å². The molecule has 7 heteroatoms. The highest BCUT2D eigenvalue weighted by Crippen LogP contribution is 2.31. The topological polar surface area (TPSA) is 76.7 Å². The lowest BCUT2D eigenvalue weighted by Crippen LogP contribution is -2.51. The number of nitrogens with one attached hydrogen (secondary N) is 2. The van der Waals surface area contributed by atoms with Gasteiger partial charge >= 0.3 is 12.0 Å². The molecule has 0 radical (unpaired) electrons. The summed E-state index contributed by atoms with van der Waals surface area (Å²) in [5.74, 6) is -2.05. The number of carbonyl (C=O) groups is 2. The van der Waals surface area contributed by atoms with Gasteiger partial charge in [-0.3, -0.25) is 4.79 Å². The zero-order valence-electron chi connectivity index (χ0n) is 13.7. The fraction of sp³-hybridized carbons (Fsp3) is 0.412. The van der Waals surface area contributed by atoms with Crippen LogP contribution < -0.4 is 10.6 Å². The molecule has 2 N–H and O–H groups in total. The standard InChI is InChI=1S/C17H21FN2O4/c1-10(2)23-8-9-24-16(21)14-11(3)19-17(22)20-15(14)12-6-4-5-7-13(12)18/h4-7,10,14-15H,3,8-9H2,1-2H3,(H2,19,20,22)/t14-,15+/m0/s1. The first-order valence-corrected chi connectivity index (χ1v) is 7.69. The molecule has 130 valence electrons. The summed E-state index contributed by atoms with van der Waals surface area (Å²) in [4.78, 5) is 24.1. The van der Waals surface area contributed by atoms with Gasteiger partial charge in [0.05, 0.1) is 18.8 Å². The molecular formula is C17H21FN2O4. The third kappa shape index (κ3) is 4.32. The molecule has 1 aromatic rings. The average Bonchev–Trinajstić information content (AvgIpc) is 2.51. The summed E-state index contributed by atoms with van der Waals surface area (Å²) in [6.45, 7) is 7.77. The molecule has 24 heavy (non-hydrogen) atoms. The van der Waals surface area contributed by atoms with Gasteiger partial charge in [0.25, 0.3) is 0 Å². The Bertz CT molecular complexity index is 633. The Hall–Kier alpha value is -2.41. The van der Waals surface area contributed by atoms with Crippen molar-refractivity contribution >= 4 is 12.0 Å². The zero-order chi connectivity index (χ0) is 17.7. The van der Waals surface area contributed by atoms with Crippen molar-refractivity contribution in [2.45, 2.75) is 26.0 Å². The molecule has 2 rings (SSSR count). The van der Waals surface area contributed by atoms with E-state index >= 15 is 0 Å². The van der Waals surface area contributed by atoms with Crippen LogP contribution in [0.25, 0.3) is 0 Å². The van der Waals surface area contributed by atoms with Crippen molar-refractivity contribution in [3.05, 3.63) is 47.9 Å². The van der Waals surface area contributed by atoms with Crippen LogP contribution in [-0.4, -0.2) is 31.3 Å². The van der Waals surface area contributed by atoms with Crippen LogP contribution in [0.3, 0.4) is 0 Å². The van der Waals surface area contributed by atoms with Gasteiger partial charge in [-0.15, -0.1) is 0 Å². The molecule has 0 aromatic heterocycles. The highest BCUT2D eigenvalue weighted by atomic mass is 19.1. The van der Waals surface area contributed by atoms with Gasteiger partial charge in [0.15, 0.2) is 0 Å². The molecule has 1 fully saturated rings. The molecule has 0 saturated carbocycles. The Morgan fingerprint density at radius 1 is 1.33 bits per heavy atom. The predicted molar refractivity (Wildman–Crippen MR) is 85.5 cm³/mol. The Kier molecular flexibility index (Phi) is 5.92. The molecule has 0 unspecified atom stereocenters. The van der Waals surface area contributed by atoms with Gasteiger partial charge in [-0.05, 0) is 19.9 Å². The monoisotopic (exact) mass is 336 g/mol. The van der Waals surface area contributed by atoms with E-state index in [-0.39, 0.29) is 30.6 Å². The summed E-state index contributed by atoms with van der Waals surface area (Å²) in [6, 6.07) is 4.53. The first-order chi connectivity index (χ1) is 11.4. The number of carbonyl (C=O) groups excluding carboxylic acids is 2. The van der Waals surface area contributed by atoms with Gasteiger partial charge < -0.3 is 20.1 Å². The van der Waals surface area contributed by atoms with E-state index in [1.807, 2.05) is 13.8 Å². The molecule has 0 bridgehead atoms. The molecule has 0 spiro atoms. The van der Waals surface area contributed by atoms with Crippen molar-refractivity contribution in [1.82, 2.24) is 10.6 Å². The second kappa shape index (κ2) is 7.92. The predicted octanol–water partition coefficient (Wildman–Crippen LogP) is 2.28. The number of urea groups is 1. The summed E-state index contributed by atoms with van der Waals surface area (Å²) < 4.78 is 24.6. The number of ether oxygens (including phenoxy) is 2. The zero-order valence-corrected chi connectivity index (χ0v) is 13.7. The number of amides is 2. The Labute approximate surface area is 140 Å². The van der Waals surface area contributed by atoms with Crippen LogP contribution in [0.2, 0.25) is 0 Å². The van der Waals surface area contributed by atoms with Gasteiger partial charge in [0.2, 0.25) is 0 Å². The average molecular weight is 336 g/mol. The normalized spacial score (nSPS) is 20.5. The van der Waals surface area contributed by atoms with Gasteiger partial charge in [0.1, 0.15) is 18.3 Å². The van der Waals surface area contributed by atoms with Crippen LogP contribution in [0.1, 0.15) is 25.5 Å². The van der Waals surface area contributed by atoms with Crippen molar-refractivity contribution in [1.29, 1.82) is 0 Å². The van der Waals surface area contributed by atoms with Gasteiger partial charge in [-0.2, -0.15) is 0 Å². The third-order valence-electron chi connectivity index (χ3n) is 3.54. The van der Waals surface area contributed by atoms with Crippen molar-refractivity contribution in [2.24, 2.45) is 5.92 Å². The number of hydrogen-bond donors (Lipinski definition) is 2. The number of benzene rings is 1.